The van der Waals surface area contributed by atoms with Gasteiger partial charge in [0.15, 0.2) is 23.3 Å². The summed E-state index contributed by atoms with van der Waals surface area (Å²) in [6.07, 6.45) is 6.12. The number of hydrogen-bond acceptors (Lipinski definition) is 0. The minimum absolute atomic E-state index is 0.0288. The van der Waals surface area contributed by atoms with Gasteiger partial charge < -0.3 is 0 Å². The van der Waals surface area contributed by atoms with Crippen LogP contribution in [0.3, 0.4) is 0 Å². The molecule has 2 spiro atoms. The van der Waals surface area contributed by atoms with Gasteiger partial charge in [0, 0.05) is 11.1 Å². The van der Waals surface area contributed by atoms with Crippen molar-refractivity contribution < 1.29 is 17.6 Å². The van der Waals surface area contributed by atoms with Gasteiger partial charge in [-0.3, -0.25) is 0 Å². The molecule has 8 rings (SSSR count). The fourth-order valence-corrected chi connectivity index (χ4v) is 8.60. The second-order valence-electron chi connectivity index (χ2n) is 8.21. The summed E-state index contributed by atoms with van der Waals surface area (Å²) in [5.74, 6) is -3.58. The summed E-state index contributed by atoms with van der Waals surface area (Å²) in [4.78, 5) is 0. The summed E-state index contributed by atoms with van der Waals surface area (Å²) in [6.45, 7) is 0. The predicted octanol–water partition coefficient (Wildman–Crippen LogP) is 4.27. The van der Waals surface area contributed by atoms with Crippen LogP contribution in [0.2, 0.25) is 0 Å². The Labute approximate surface area is 124 Å². The first kappa shape index (κ1) is 11.3. The summed E-state index contributed by atoms with van der Waals surface area (Å²) < 4.78 is 56.5. The maximum atomic E-state index is 14.5. The van der Waals surface area contributed by atoms with Crippen LogP contribution in [-0.2, 0) is 0 Å². The van der Waals surface area contributed by atoms with Crippen LogP contribution in [0.5, 0.6) is 0 Å². The molecule has 4 saturated carbocycles. The van der Waals surface area contributed by atoms with Gasteiger partial charge in [0.1, 0.15) is 0 Å². The van der Waals surface area contributed by atoms with Crippen molar-refractivity contribution in [3.63, 3.8) is 0 Å². The lowest BCUT2D eigenvalue weighted by molar-refractivity contribution is -0.516. The SMILES string of the molecule is Fc1c(F)c(F)c2c(c1F)[C@@H]1[C@@H]3[C@@H]4[C@H]5[C@@H]3[C@@]13CC=CC[C@@]53[C@H]24. The van der Waals surface area contributed by atoms with Crippen LogP contribution in [0.15, 0.2) is 12.2 Å². The highest BCUT2D eigenvalue weighted by molar-refractivity contribution is 5.63. The van der Waals surface area contributed by atoms with Gasteiger partial charge in [-0.2, -0.15) is 0 Å². The maximum absolute atomic E-state index is 14.5. The van der Waals surface area contributed by atoms with Crippen molar-refractivity contribution in [2.24, 2.45) is 34.5 Å². The number of halogens is 4. The van der Waals surface area contributed by atoms with E-state index in [4.69, 9.17) is 0 Å². The third-order valence-electron chi connectivity index (χ3n) is 8.64. The average Bonchev–Trinajstić information content (AvgIpc) is 2.50. The normalized spacial score (nSPS) is 56.0. The molecule has 4 heteroatoms. The quantitative estimate of drug-likeness (QED) is 0.291. The molecule has 112 valence electrons. The zero-order valence-electron chi connectivity index (χ0n) is 11.5. The minimum atomic E-state index is -1.62. The van der Waals surface area contributed by atoms with Gasteiger partial charge in [-0.05, 0) is 59.2 Å². The van der Waals surface area contributed by atoms with Crippen molar-refractivity contribution in [1.29, 1.82) is 0 Å². The first-order chi connectivity index (χ1) is 10.6. The van der Waals surface area contributed by atoms with Gasteiger partial charge in [-0.15, -0.1) is 0 Å². The molecule has 0 nitrogen and oxygen atoms in total. The molecule has 0 N–H and O–H groups in total. The van der Waals surface area contributed by atoms with Gasteiger partial charge in [-0.1, -0.05) is 12.2 Å². The molecule has 8 atom stereocenters. The van der Waals surface area contributed by atoms with Gasteiger partial charge in [0.2, 0.25) is 0 Å². The molecule has 1 aromatic rings. The van der Waals surface area contributed by atoms with Crippen molar-refractivity contribution in [2.75, 3.05) is 0 Å². The van der Waals surface area contributed by atoms with Crippen molar-refractivity contribution in [1.82, 2.24) is 0 Å². The van der Waals surface area contributed by atoms with Crippen LogP contribution >= 0.6 is 0 Å². The van der Waals surface area contributed by atoms with E-state index in [1.807, 2.05) is 0 Å². The van der Waals surface area contributed by atoms with Crippen LogP contribution in [-0.4, -0.2) is 0 Å². The Hall–Kier alpha value is -1.32. The van der Waals surface area contributed by atoms with Gasteiger partial charge in [0.05, 0.1) is 0 Å². The first-order valence-corrected chi connectivity index (χ1v) is 8.09. The molecule has 4 fully saturated rings. The van der Waals surface area contributed by atoms with Crippen molar-refractivity contribution >= 4 is 0 Å². The van der Waals surface area contributed by atoms with E-state index in [0.29, 0.717) is 23.7 Å². The highest BCUT2D eigenvalue weighted by Crippen LogP contribution is 3.06. The summed E-state index contributed by atoms with van der Waals surface area (Å²) in [5.41, 5.74) is 0.452. The highest BCUT2D eigenvalue weighted by atomic mass is 19.2. The fraction of sp³-hybridized carbons (Fsp3) is 0.556. The Bertz CT molecular complexity index is 788. The van der Waals surface area contributed by atoms with Gasteiger partial charge >= 0.3 is 0 Å². The number of benzene rings is 1. The number of hydrogen-bond donors (Lipinski definition) is 0. The van der Waals surface area contributed by atoms with Gasteiger partial charge in [0.25, 0.3) is 0 Å². The Kier molecular flexibility index (Phi) is 1.37. The predicted molar refractivity (Wildman–Crippen MR) is 69.0 cm³/mol. The average molecular weight is 304 g/mol. The summed E-state index contributed by atoms with van der Waals surface area (Å²) in [7, 11) is 0. The molecule has 7 aliphatic carbocycles. The van der Waals surface area contributed by atoms with Crippen molar-refractivity contribution in [2.45, 2.75) is 24.7 Å². The molecule has 7 aliphatic rings. The number of rotatable bonds is 0. The van der Waals surface area contributed by atoms with Crippen LogP contribution in [0.1, 0.15) is 35.8 Å². The lowest BCUT2D eigenvalue weighted by Crippen LogP contribution is -2.98. The monoisotopic (exact) mass is 304 g/mol. The first-order valence-electron chi connectivity index (χ1n) is 8.09. The molecular formula is C18H12F4. The van der Waals surface area contributed by atoms with E-state index in [-0.39, 0.29) is 33.8 Å². The third kappa shape index (κ3) is 0.625. The molecule has 0 unspecified atom stereocenters. The Balaban J connectivity index is 1.62. The molecule has 0 heterocycles. The summed E-state index contributed by atoms with van der Waals surface area (Å²) in [5, 5.41) is 0. The summed E-state index contributed by atoms with van der Waals surface area (Å²) >= 11 is 0. The van der Waals surface area contributed by atoms with Crippen LogP contribution in [0.4, 0.5) is 17.6 Å². The van der Waals surface area contributed by atoms with Crippen molar-refractivity contribution in [3.05, 3.63) is 46.5 Å². The van der Waals surface area contributed by atoms with E-state index < -0.39 is 23.3 Å². The minimum Gasteiger partial charge on any atom is -0.203 e. The molecule has 0 saturated heterocycles. The largest absolute Gasteiger partial charge is 0.203 e. The Morgan fingerprint density at radius 3 is 1.50 bits per heavy atom. The van der Waals surface area contributed by atoms with Gasteiger partial charge in [-0.25, -0.2) is 17.6 Å². The van der Waals surface area contributed by atoms with E-state index in [2.05, 4.69) is 12.2 Å². The zero-order valence-corrected chi connectivity index (χ0v) is 11.5. The third-order valence-corrected chi connectivity index (χ3v) is 8.64. The molecule has 1 aromatic carbocycles. The van der Waals surface area contributed by atoms with Crippen LogP contribution in [0, 0.1) is 57.8 Å². The lowest BCUT2D eigenvalue weighted by Gasteiger charge is -3.03. The smallest absolute Gasteiger partial charge is 0.197 e. The lowest BCUT2D eigenvalue weighted by atomic mass is 9.00. The molecule has 0 radical (unpaired) electrons. The second-order valence-corrected chi connectivity index (χ2v) is 8.21. The van der Waals surface area contributed by atoms with Crippen LogP contribution < -0.4 is 0 Å². The van der Waals surface area contributed by atoms with E-state index in [1.165, 1.54) is 0 Å². The zero-order chi connectivity index (χ0) is 14.8. The number of allylic oxidation sites excluding steroid dienone is 2. The fourth-order valence-electron chi connectivity index (χ4n) is 8.60. The standard InChI is InChI=1S/C18H12F4/c19-13-7-8(14(20)16(22)15(13)21)10-6-5-9(7)17-3-1-2-4-18(10,17)12(6)11(5)17/h1-2,5-6,9-12H,3-4H2/t5-,6-,9-,10-,11-,12+,17+,18+/m0/s1. The highest BCUT2D eigenvalue weighted by Gasteiger charge is 3.01. The van der Waals surface area contributed by atoms with E-state index >= 15 is 0 Å². The molecule has 0 aromatic heterocycles. The molecule has 2 bridgehead atoms. The Morgan fingerprint density at radius 2 is 1.09 bits per heavy atom. The Morgan fingerprint density at radius 1 is 0.682 bits per heavy atom. The second kappa shape index (κ2) is 2.67. The molecule has 0 aliphatic heterocycles. The van der Waals surface area contributed by atoms with Crippen molar-refractivity contribution in [3.8, 4) is 0 Å². The van der Waals surface area contributed by atoms with E-state index in [1.54, 1.807) is 0 Å². The topological polar surface area (TPSA) is 0 Å². The van der Waals surface area contributed by atoms with E-state index in [0.717, 1.165) is 12.8 Å². The molecule has 0 amide bonds. The van der Waals surface area contributed by atoms with Crippen LogP contribution in [0.25, 0.3) is 0 Å². The van der Waals surface area contributed by atoms with E-state index in [9.17, 15) is 17.6 Å². The maximum Gasteiger partial charge on any atom is 0.197 e. The molecule has 22 heavy (non-hydrogen) atoms. The molecular weight excluding hydrogens is 292 g/mol. The summed E-state index contributed by atoms with van der Waals surface area (Å²) in [6, 6.07) is 0.